The topological polar surface area (TPSA) is 0 Å². The zero-order valence-corrected chi connectivity index (χ0v) is 8.04. The second-order valence-corrected chi connectivity index (χ2v) is 7.42. The van der Waals surface area contributed by atoms with Gasteiger partial charge in [0.2, 0.25) is 0 Å². The van der Waals surface area contributed by atoms with Crippen molar-refractivity contribution >= 4 is 29.3 Å². The van der Waals surface area contributed by atoms with Crippen molar-refractivity contribution in [1.82, 2.24) is 0 Å². The van der Waals surface area contributed by atoms with Gasteiger partial charge in [0.1, 0.15) is 0 Å². The van der Waals surface area contributed by atoms with E-state index < -0.39 is 10.3 Å². The molecule has 39 valence electrons. The summed E-state index contributed by atoms with van der Waals surface area (Å²) in [5.74, 6) is 0. The molecule has 0 bridgehead atoms. The third-order valence-electron chi connectivity index (χ3n) is 0. The van der Waals surface area contributed by atoms with Gasteiger partial charge < -0.3 is 0 Å². The fraction of sp³-hybridized carbons (Fsp3) is 0. The molecule has 0 fully saturated rings. The second-order valence-electron chi connectivity index (χ2n) is 0.200. The summed E-state index contributed by atoms with van der Waals surface area (Å²) in [7, 11) is 13.9. The van der Waals surface area contributed by atoms with Crippen LogP contribution in [-0.2, 0) is 24.6 Å². The minimum atomic E-state index is -0.521. The van der Waals surface area contributed by atoms with Gasteiger partial charge in [-0.3, -0.25) is 0 Å². The van der Waals surface area contributed by atoms with Gasteiger partial charge in [-0.15, -0.1) is 0 Å². The molecule has 0 N–H and O–H groups in total. The first-order valence-corrected chi connectivity index (χ1v) is 7.28. The molecule has 6 heteroatoms. The van der Waals surface area contributed by atoms with Crippen LogP contribution in [0.15, 0.2) is 0 Å². The molecule has 0 saturated carbocycles. The summed E-state index contributed by atoms with van der Waals surface area (Å²) < 4.78 is 0. The van der Waals surface area contributed by atoms with Crippen molar-refractivity contribution in [3.8, 4) is 0 Å². The average Bonchev–Trinajstić information content (AvgIpc) is 1.41. The van der Waals surface area contributed by atoms with Crippen LogP contribution in [-0.4, -0.2) is 0 Å². The summed E-state index contributed by atoms with van der Waals surface area (Å²) in [4.78, 5) is 0. The Balaban J connectivity index is 0. The minimum absolute atomic E-state index is 0.521. The van der Waals surface area contributed by atoms with Crippen LogP contribution in [0.4, 0.5) is 0 Å². The monoisotopic (exact) mass is 241 g/mol. The Morgan fingerprint density at radius 3 is 1.00 bits per heavy atom. The molecule has 0 rings (SSSR count). The van der Waals surface area contributed by atoms with Crippen LogP contribution < -0.4 is 0 Å². The van der Waals surface area contributed by atoms with Crippen LogP contribution in [0.3, 0.4) is 0 Å². The normalized spacial score (nSPS) is 4.17. The molecule has 0 aromatic heterocycles. The first-order chi connectivity index (χ1) is 2.73. The molecular weight excluding hydrogens is 242 g/mol. The Labute approximate surface area is 53.8 Å². The number of hydrogen-bond acceptors (Lipinski definition) is 0. The molecule has 0 aliphatic rings. The van der Waals surface area contributed by atoms with E-state index in [1.807, 2.05) is 0 Å². The Bertz CT molecular complexity index is 258. The second kappa shape index (κ2) is 10.7. The Hall–Kier alpha value is 2.72. The summed E-state index contributed by atoms with van der Waals surface area (Å²) in [5, 5.41) is 0. The van der Waals surface area contributed by atoms with Gasteiger partial charge in [-0.2, -0.15) is 0 Å². The number of hydrogen-bond donors (Lipinski definition) is 0. The van der Waals surface area contributed by atoms with E-state index in [1.165, 1.54) is 0 Å². The molecule has 0 aromatic rings. The van der Waals surface area contributed by atoms with Crippen molar-refractivity contribution in [3.63, 3.8) is 0 Å². The van der Waals surface area contributed by atoms with E-state index in [1.54, 1.807) is 0 Å². The van der Waals surface area contributed by atoms with Gasteiger partial charge in [0, 0.05) is 0 Å². The molecule has 0 heterocycles. The van der Waals surface area contributed by atoms with Gasteiger partial charge in [0.25, 0.3) is 0 Å². The van der Waals surface area contributed by atoms with Gasteiger partial charge in [0.05, 0.1) is 0 Å². The summed E-state index contributed by atoms with van der Waals surface area (Å²) in [6.45, 7) is 0. The fourth-order valence-electron chi connectivity index (χ4n) is 0. The molecule has 6 heavy (non-hydrogen) atoms. The van der Waals surface area contributed by atoms with Crippen LogP contribution in [0.5, 0.6) is 0 Å². The predicted octanol–water partition coefficient (Wildman–Crippen LogP) is 3.44. The molecule has 0 spiro atoms. The summed E-state index contributed by atoms with van der Waals surface area (Å²) in [6.07, 6.45) is 0. The van der Waals surface area contributed by atoms with Crippen molar-refractivity contribution < 1.29 is 24.6 Å². The van der Waals surface area contributed by atoms with E-state index in [2.05, 4.69) is 43.7 Å². The van der Waals surface area contributed by atoms with E-state index >= 15 is 0 Å². The van der Waals surface area contributed by atoms with Crippen molar-refractivity contribution in [1.29, 1.82) is 0 Å². The van der Waals surface area contributed by atoms with Gasteiger partial charge in [-0.05, 0) is 0 Å². The molecule has 0 atom stereocenters. The summed E-state index contributed by atoms with van der Waals surface area (Å²) >= 11 is 3.57. The molecular formula is CoNiP4. The Kier molecular flexibility index (Phi) is 20.4. The SMILES string of the molecule is [P]#[Co](#[P])#[P].[P]#[Ni]. The van der Waals surface area contributed by atoms with Crippen molar-refractivity contribution in [2.45, 2.75) is 0 Å². The maximum atomic E-state index is 3.76. The van der Waals surface area contributed by atoms with Gasteiger partial charge >= 0.3 is 54.0 Å². The van der Waals surface area contributed by atoms with Gasteiger partial charge in [0.15, 0.2) is 0 Å². The first kappa shape index (κ1) is 11.5. The van der Waals surface area contributed by atoms with Crippen molar-refractivity contribution in [2.24, 2.45) is 0 Å². The quantitative estimate of drug-likeness (QED) is 0.450. The standard InChI is InChI=1S/Co.Ni.4P. The fourth-order valence-corrected chi connectivity index (χ4v) is 0. The van der Waals surface area contributed by atoms with E-state index in [9.17, 15) is 0 Å². The van der Waals surface area contributed by atoms with Crippen LogP contribution in [0.25, 0.3) is 0 Å². The van der Waals surface area contributed by atoms with Crippen molar-refractivity contribution in [2.75, 3.05) is 0 Å². The Morgan fingerprint density at radius 2 is 1.00 bits per heavy atom. The zero-order chi connectivity index (χ0) is 5.58. The molecule has 0 aliphatic heterocycles. The van der Waals surface area contributed by atoms with E-state index in [-0.39, 0.29) is 0 Å². The zero-order valence-electron chi connectivity index (χ0n) is 2.44. The molecule has 0 aromatic carbocycles. The first-order valence-electron chi connectivity index (χ1n) is 0.589. The van der Waals surface area contributed by atoms with Gasteiger partial charge in [-0.1, -0.05) is 0 Å². The molecule has 0 nitrogen and oxygen atoms in total. The van der Waals surface area contributed by atoms with Crippen LogP contribution in [0, 0.1) is 0 Å². The summed E-state index contributed by atoms with van der Waals surface area (Å²) in [5.41, 5.74) is 0. The molecule has 0 radical (unpaired) electrons. The van der Waals surface area contributed by atoms with Gasteiger partial charge in [-0.25, -0.2) is 0 Å². The van der Waals surface area contributed by atoms with Crippen LogP contribution in [0.1, 0.15) is 0 Å². The van der Waals surface area contributed by atoms with E-state index in [0.29, 0.717) is 0 Å². The molecule has 0 aliphatic carbocycles. The van der Waals surface area contributed by atoms with Crippen LogP contribution in [0.2, 0.25) is 0 Å². The third kappa shape index (κ3) is 29.7. The van der Waals surface area contributed by atoms with Crippen LogP contribution >= 0.6 is 29.3 Å². The van der Waals surface area contributed by atoms with E-state index in [4.69, 9.17) is 0 Å². The summed E-state index contributed by atoms with van der Waals surface area (Å²) in [6, 6.07) is 0. The maximum absolute atomic E-state index is 3.76. The third-order valence-corrected chi connectivity index (χ3v) is 0. The number of rotatable bonds is 0. The molecule has 0 saturated heterocycles. The molecule has 0 unspecified atom stereocenters. The van der Waals surface area contributed by atoms with Crippen molar-refractivity contribution in [3.05, 3.63) is 0 Å². The van der Waals surface area contributed by atoms with E-state index in [0.717, 1.165) is 0 Å². The molecule has 0 amide bonds. The predicted molar refractivity (Wildman–Crippen MR) is 27.7 cm³/mol. The average molecular weight is 242 g/mol. The Morgan fingerprint density at radius 1 is 1.00 bits per heavy atom.